The maximum Gasteiger partial charge on any atom is 0.230 e. The van der Waals surface area contributed by atoms with Gasteiger partial charge < -0.3 is 4.90 Å². The lowest BCUT2D eigenvalue weighted by Gasteiger charge is -2.33. The van der Waals surface area contributed by atoms with Crippen molar-refractivity contribution in [1.29, 1.82) is 0 Å². The van der Waals surface area contributed by atoms with Crippen LogP contribution < -0.4 is 9.62 Å². The lowest BCUT2D eigenvalue weighted by atomic mass is 9.90. The first-order chi connectivity index (χ1) is 17.5. The SMILES string of the molecule is CS(=O)(=O)Nc1ccccc1-c1ccc(N2CCC[C@@H](CC(=O)Cc3ccc(Cl)cc3F)C2=O)c(Cl)c1. The van der Waals surface area contributed by atoms with Crippen molar-refractivity contribution in [2.75, 3.05) is 22.4 Å². The molecule has 1 amide bonds. The van der Waals surface area contributed by atoms with Crippen LogP contribution in [0.5, 0.6) is 0 Å². The van der Waals surface area contributed by atoms with Crippen LogP contribution in [0.3, 0.4) is 0 Å². The molecule has 0 radical (unpaired) electrons. The van der Waals surface area contributed by atoms with Crippen molar-refractivity contribution in [3.63, 3.8) is 0 Å². The average molecular weight is 563 g/mol. The molecule has 0 saturated carbocycles. The lowest BCUT2D eigenvalue weighted by molar-refractivity contribution is -0.128. The summed E-state index contributed by atoms with van der Waals surface area (Å²) < 4.78 is 40.1. The number of para-hydroxylation sites is 1. The number of carbonyl (C=O) groups excluding carboxylic acids is 2. The second-order valence-corrected chi connectivity index (χ2v) is 11.7. The number of carbonyl (C=O) groups is 2. The van der Waals surface area contributed by atoms with Gasteiger partial charge in [-0.1, -0.05) is 53.5 Å². The first-order valence-corrected chi connectivity index (χ1v) is 14.3. The molecule has 3 aromatic carbocycles. The molecule has 1 aliphatic rings. The van der Waals surface area contributed by atoms with Crippen molar-refractivity contribution in [2.24, 2.45) is 5.92 Å². The molecule has 1 fully saturated rings. The summed E-state index contributed by atoms with van der Waals surface area (Å²) in [5.74, 6) is -1.49. The molecule has 0 aliphatic carbocycles. The number of nitrogens with one attached hydrogen (secondary N) is 1. The predicted molar refractivity (Wildman–Crippen MR) is 145 cm³/mol. The molecule has 1 heterocycles. The molecule has 1 saturated heterocycles. The van der Waals surface area contributed by atoms with Crippen LogP contribution in [0.4, 0.5) is 15.8 Å². The van der Waals surface area contributed by atoms with Gasteiger partial charge in [-0.05, 0) is 54.3 Å². The van der Waals surface area contributed by atoms with Gasteiger partial charge in [0, 0.05) is 35.9 Å². The monoisotopic (exact) mass is 562 g/mol. The number of piperidine rings is 1. The molecular formula is C27H25Cl2FN2O4S. The van der Waals surface area contributed by atoms with Gasteiger partial charge in [-0.3, -0.25) is 14.3 Å². The van der Waals surface area contributed by atoms with Crippen LogP contribution in [0.1, 0.15) is 24.8 Å². The van der Waals surface area contributed by atoms with Crippen molar-refractivity contribution in [3.8, 4) is 11.1 Å². The number of Topliss-reactive ketones (excluding diaryl/α,β-unsaturated/α-hetero) is 1. The summed E-state index contributed by atoms with van der Waals surface area (Å²) in [6.07, 6.45) is 2.23. The smallest absolute Gasteiger partial charge is 0.230 e. The lowest BCUT2D eigenvalue weighted by Crippen LogP contribution is -2.42. The van der Waals surface area contributed by atoms with Crippen LogP contribution in [0.2, 0.25) is 10.0 Å². The van der Waals surface area contributed by atoms with E-state index < -0.39 is 21.8 Å². The van der Waals surface area contributed by atoms with Crippen molar-refractivity contribution in [3.05, 3.63) is 82.1 Å². The summed E-state index contributed by atoms with van der Waals surface area (Å²) in [5.41, 5.74) is 2.51. The Hall–Kier alpha value is -2.94. The zero-order chi connectivity index (χ0) is 26.7. The summed E-state index contributed by atoms with van der Waals surface area (Å²) in [7, 11) is -3.48. The van der Waals surface area contributed by atoms with E-state index in [-0.39, 0.29) is 35.1 Å². The highest BCUT2D eigenvalue weighted by Crippen LogP contribution is 2.37. The van der Waals surface area contributed by atoms with Gasteiger partial charge in [0.2, 0.25) is 15.9 Å². The van der Waals surface area contributed by atoms with E-state index in [9.17, 15) is 22.4 Å². The number of sulfonamides is 1. The second kappa shape index (κ2) is 11.2. The minimum Gasteiger partial charge on any atom is -0.311 e. The molecule has 1 aliphatic heterocycles. The number of rotatable bonds is 8. The van der Waals surface area contributed by atoms with Gasteiger partial charge in [0.05, 0.1) is 22.7 Å². The highest BCUT2D eigenvalue weighted by atomic mass is 35.5. The van der Waals surface area contributed by atoms with Gasteiger partial charge in [-0.25, -0.2) is 12.8 Å². The first kappa shape index (κ1) is 27.1. The van der Waals surface area contributed by atoms with Gasteiger partial charge in [-0.2, -0.15) is 0 Å². The molecule has 0 aromatic heterocycles. The van der Waals surface area contributed by atoms with Gasteiger partial charge in [0.1, 0.15) is 11.6 Å². The summed E-state index contributed by atoms with van der Waals surface area (Å²) in [6, 6.07) is 16.3. The minimum absolute atomic E-state index is 0.0115. The number of anilines is 2. The Morgan fingerprint density at radius 1 is 1.11 bits per heavy atom. The van der Waals surface area contributed by atoms with E-state index in [1.54, 1.807) is 47.4 Å². The number of ketones is 1. The number of hydrogen-bond donors (Lipinski definition) is 1. The summed E-state index contributed by atoms with van der Waals surface area (Å²) in [6.45, 7) is 0.459. The highest BCUT2D eigenvalue weighted by Gasteiger charge is 2.32. The molecule has 37 heavy (non-hydrogen) atoms. The molecule has 4 rings (SSSR count). The van der Waals surface area contributed by atoms with Crippen molar-refractivity contribution >= 4 is 56.3 Å². The van der Waals surface area contributed by atoms with E-state index >= 15 is 0 Å². The Bertz CT molecular complexity index is 1460. The fraction of sp³-hybridized carbons (Fsp3) is 0.259. The molecule has 0 spiro atoms. The van der Waals surface area contributed by atoms with Crippen molar-refractivity contribution in [1.82, 2.24) is 0 Å². The Morgan fingerprint density at radius 2 is 1.86 bits per heavy atom. The zero-order valence-corrected chi connectivity index (χ0v) is 22.3. The second-order valence-electron chi connectivity index (χ2n) is 9.07. The maximum atomic E-state index is 14.1. The Balaban J connectivity index is 1.51. The van der Waals surface area contributed by atoms with E-state index in [1.165, 1.54) is 18.2 Å². The van der Waals surface area contributed by atoms with Crippen LogP contribution in [-0.4, -0.2) is 32.9 Å². The zero-order valence-electron chi connectivity index (χ0n) is 20.0. The van der Waals surface area contributed by atoms with Crippen LogP contribution in [0, 0.1) is 11.7 Å². The Morgan fingerprint density at radius 3 is 2.57 bits per heavy atom. The molecule has 3 aromatic rings. The average Bonchev–Trinajstić information content (AvgIpc) is 2.82. The van der Waals surface area contributed by atoms with E-state index in [4.69, 9.17) is 23.2 Å². The van der Waals surface area contributed by atoms with Gasteiger partial charge in [0.25, 0.3) is 0 Å². The fourth-order valence-electron chi connectivity index (χ4n) is 4.52. The fourth-order valence-corrected chi connectivity index (χ4v) is 5.54. The van der Waals surface area contributed by atoms with Crippen LogP contribution >= 0.6 is 23.2 Å². The van der Waals surface area contributed by atoms with E-state index in [0.717, 1.165) is 6.26 Å². The third-order valence-corrected chi connectivity index (χ3v) is 7.33. The normalized spacial score (nSPS) is 16.1. The highest BCUT2D eigenvalue weighted by molar-refractivity contribution is 7.92. The molecule has 1 atom stereocenters. The van der Waals surface area contributed by atoms with E-state index in [0.29, 0.717) is 46.9 Å². The van der Waals surface area contributed by atoms with Crippen molar-refractivity contribution in [2.45, 2.75) is 25.7 Å². The van der Waals surface area contributed by atoms with Gasteiger partial charge in [0.15, 0.2) is 0 Å². The number of amides is 1. The third kappa shape index (κ3) is 6.69. The molecule has 0 bridgehead atoms. The van der Waals surface area contributed by atoms with E-state index in [2.05, 4.69) is 4.72 Å². The van der Waals surface area contributed by atoms with Gasteiger partial charge >= 0.3 is 0 Å². The van der Waals surface area contributed by atoms with Crippen LogP contribution in [-0.2, 0) is 26.0 Å². The number of nitrogens with zero attached hydrogens (tertiary/aromatic N) is 1. The minimum atomic E-state index is -3.48. The molecule has 194 valence electrons. The summed E-state index contributed by atoms with van der Waals surface area (Å²) in [4.78, 5) is 27.5. The van der Waals surface area contributed by atoms with Crippen LogP contribution in [0.25, 0.3) is 11.1 Å². The quantitative estimate of drug-likeness (QED) is 0.358. The molecule has 1 N–H and O–H groups in total. The Kier molecular flexibility index (Phi) is 8.21. The first-order valence-electron chi connectivity index (χ1n) is 11.7. The number of benzene rings is 3. The molecule has 0 unspecified atom stereocenters. The van der Waals surface area contributed by atoms with Gasteiger partial charge in [-0.15, -0.1) is 0 Å². The molecule has 10 heteroatoms. The topological polar surface area (TPSA) is 83.6 Å². The Labute approximate surface area is 225 Å². The standard InChI is InChI=1S/C27H25Cl2FN2O4S/c1-37(35,36)31-25-7-3-2-6-22(25)17-9-11-26(23(29)15-17)32-12-4-5-19(27(32)34)14-21(33)13-18-8-10-20(28)16-24(18)30/h2-3,6-11,15-16,19,31H,4-5,12-14H2,1H3/t19-/m0/s1. The largest absolute Gasteiger partial charge is 0.311 e. The molecule has 6 nitrogen and oxygen atoms in total. The maximum absolute atomic E-state index is 14.1. The predicted octanol–water partition coefficient (Wildman–Crippen LogP) is 6.12. The number of halogens is 3. The van der Waals surface area contributed by atoms with Crippen molar-refractivity contribution < 1.29 is 22.4 Å². The summed E-state index contributed by atoms with van der Waals surface area (Å²) >= 11 is 12.4. The van der Waals surface area contributed by atoms with E-state index in [1.807, 2.05) is 0 Å². The number of hydrogen-bond acceptors (Lipinski definition) is 4. The third-order valence-electron chi connectivity index (χ3n) is 6.20. The molecular weight excluding hydrogens is 538 g/mol. The van der Waals surface area contributed by atoms with Crippen LogP contribution in [0.15, 0.2) is 60.7 Å². The summed E-state index contributed by atoms with van der Waals surface area (Å²) in [5, 5.41) is 0.583.